The predicted octanol–water partition coefficient (Wildman–Crippen LogP) is 3.17. The van der Waals surface area contributed by atoms with Crippen molar-refractivity contribution in [1.29, 1.82) is 0 Å². The molecule has 0 bridgehead atoms. The Balaban J connectivity index is 1.45. The Hall–Kier alpha value is -1.65. The number of hydrogen-bond acceptors (Lipinski definition) is 4. The van der Waals surface area contributed by atoms with Gasteiger partial charge in [0.15, 0.2) is 5.78 Å². The Kier molecular flexibility index (Phi) is 3.13. The molecule has 0 aromatic heterocycles. The normalized spacial score (nSPS) is 50.8. The van der Waals surface area contributed by atoms with E-state index in [1.165, 1.54) is 18.9 Å². The third kappa shape index (κ3) is 1.74. The third-order valence-electron chi connectivity index (χ3n) is 9.72. The summed E-state index contributed by atoms with van der Waals surface area (Å²) in [6.45, 7) is 3.81. The highest BCUT2D eigenvalue weighted by Gasteiger charge is 2.86. The average Bonchev–Trinajstić information content (AvgIpc) is 2.88. The molecule has 0 aromatic rings. The Labute approximate surface area is 165 Å². The Bertz CT molecular complexity index is 848. The number of ether oxygens (including phenoxy) is 1. The number of ketones is 1. The first-order valence-electron chi connectivity index (χ1n) is 11.1. The lowest BCUT2D eigenvalue weighted by molar-refractivity contribution is -0.166. The number of esters is 1. The summed E-state index contributed by atoms with van der Waals surface area (Å²) in [6.07, 6.45) is 10.1. The summed E-state index contributed by atoms with van der Waals surface area (Å²) in [5.74, 6) is 1.62. The van der Waals surface area contributed by atoms with Crippen molar-refractivity contribution in [2.24, 2.45) is 23.2 Å². The molecule has 3 saturated carbocycles. The Morgan fingerprint density at radius 1 is 1.14 bits per heavy atom. The minimum atomic E-state index is -0.218. The molecule has 2 heterocycles. The van der Waals surface area contributed by atoms with Crippen LogP contribution in [-0.2, 0) is 19.1 Å². The van der Waals surface area contributed by atoms with Gasteiger partial charge >= 0.3 is 5.97 Å². The van der Waals surface area contributed by atoms with E-state index in [-0.39, 0.29) is 40.3 Å². The van der Waals surface area contributed by atoms with E-state index in [1.54, 1.807) is 0 Å². The Morgan fingerprint density at radius 3 is 2.71 bits per heavy atom. The van der Waals surface area contributed by atoms with Crippen LogP contribution < -0.4 is 0 Å². The van der Waals surface area contributed by atoms with E-state index in [4.69, 9.17) is 4.74 Å². The number of nitrogens with zero attached hydrogens (tertiary/aromatic N) is 1. The van der Waals surface area contributed by atoms with E-state index in [2.05, 4.69) is 11.8 Å². The lowest BCUT2D eigenvalue weighted by atomic mass is 9.48. The van der Waals surface area contributed by atoms with E-state index in [0.29, 0.717) is 30.6 Å². The third-order valence-corrected chi connectivity index (χ3v) is 9.72. The molecular formula is C23H29NO4. The van der Waals surface area contributed by atoms with Crippen molar-refractivity contribution in [3.63, 3.8) is 0 Å². The summed E-state index contributed by atoms with van der Waals surface area (Å²) in [4.78, 5) is 39.0. The van der Waals surface area contributed by atoms with Crippen LogP contribution >= 0.6 is 0 Å². The summed E-state index contributed by atoms with van der Waals surface area (Å²) < 4.78 is 6.01. The zero-order valence-corrected chi connectivity index (χ0v) is 16.8. The van der Waals surface area contributed by atoms with Crippen LogP contribution in [0.4, 0.5) is 0 Å². The highest BCUT2D eigenvalue weighted by Crippen LogP contribution is 2.77. The quantitative estimate of drug-likeness (QED) is 0.515. The summed E-state index contributed by atoms with van der Waals surface area (Å²) in [7, 11) is 0. The van der Waals surface area contributed by atoms with Gasteiger partial charge in [0.2, 0.25) is 5.91 Å². The van der Waals surface area contributed by atoms with Crippen LogP contribution in [0.2, 0.25) is 0 Å². The van der Waals surface area contributed by atoms with Crippen LogP contribution in [-0.4, -0.2) is 39.7 Å². The van der Waals surface area contributed by atoms with E-state index >= 15 is 0 Å². The molecule has 0 aromatic carbocycles. The maximum absolute atomic E-state index is 12.7. The van der Waals surface area contributed by atoms with Crippen molar-refractivity contribution < 1.29 is 19.1 Å². The fraction of sp³-hybridized carbons (Fsp3) is 0.783. The molecule has 6 rings (SSSR count). The molecule has 5 fully saturated rings. The van der Waals surface area contributed by atoms with Gasteiger partial charge in [0.25, 0.3) is 0 Å². The van der Waals surface area contributed by atoms with Gasteiger partial charge in [-0.1, -0.05) is 12.5 Å². The van der Waals surface area contributed by atoms with E-state index in [0.717, 1.165) is 38.5 Å². The molecular weight excluding hydrogens is 354 g/mol. The first kappa shape index (κ1) is 17.2. The standard InChI is InChI=1S/C23H29NO4/c1-13(25)28-18-12-23-17(6-9-22(23)10-7-19(27)24(22)23)16-4-3-14-11-15(26)5-8-21(14,2)20(16)18/h11,16-18,20H,3-10,12H2,1-2H3/t16?,17?,18-,20?,21-,22+,23+,24?/m0/s1. The minimum Gasteiger partial charge on any atom is -0.462 e. The van der Waals surface area contributed by atoms with Crippen molar-refractivity contribution in [3.8, 4) is 0 Å². The van der Waals surface area contributed by atoms with Crippen molar-refractivity contribution in [3.05, 3.63) is 11.6 Å². The van der Waals surface area contributed by atoms with Crippen LogP contribution in [0, 0.1) is 23.2 Å². The molecule has 5 heteroatoms. The zero-order chi connectivity index (χ0) is 19.5. The number of hydrogen-bond donors (Lipinski definition) is 0. The number of carbonyl (C=O) groups excluding carboxylic acids is 3. The highest BCUT2D eigenvalue weighted by molar-refractivity contribution is 5.91. The maximum atomic E-state index is 12.7. The van der Waals surface area contributed by atoms with Crippen LogP contribution in [0.3, 0.4) is 0 Å². The van der Waals surface area contributed by atoms with Gasteiger partial charge in [0.1, 0.15) is 6.10 Å². The van der Waals surface area contributed by atoms with Crippen molar-refractivity contribution >= 4 is 17.7 Å². The lowest BCUT2D eigenvalue weighted by Gasteiger charge is -2.58. The number of carbonyl (C=O) groups is 3. The molecule has 2 saturated heterocycles. The second-order valence-corrected chi connectivity index (χ2v) is 10.5. The molecule has 0 N–H and O–H groups in total. The van der Waals surface area contributed by atoms with Gasteiger partial charge in [0.05, 0.1) is 11.1 Å². The fourth-order valence-corrected chi connectivity index (χ4v) is 8.93. The molecule has 1 amide bonds. The summed E-state index contributed by atoms with van der Waals surface area (Å²) >= 11 is 0. The number of rotatable bonds is 1. The summed E-state index contributed by atoms with van der Waals surface area (Å²) in [5.41, 5.74) is 1.24. The number of allylic oxidation sites excluding steroid dienone is 1. The van der Waals surface area contributed by atoms with Crippen LogP contribution in [0.1, 0.15) is 71.6 Å². The summed E-state index contributed by atoms with van der Waals surface area (Å²) in [5, 5.41) is 0. The zero-order valence-electron chi connectivity index (χ0n) is 16.8. The van der Waals surface area contributed by atoms with Gasteiger partial charge in [-0.25, -0.2) is 0 Å². The Morgan fingerprint density at radius 2 is 1.96 bits per heavy atom. The van der Waals surface area contributed by atoms with Crippen molar-refractivity contribution in [2.45, 2.75) is 88.8 Å². The number of piperidine rings is 2. The second-order valence-electron chi connectivity index (χ2n) is 10.5. The number of fused-ring (bicyclic) bond motifs is 4. The van der Waals surface area contributed by atoms with Crippen LogP contribution in [0.25, 0.3) is 0 Å². The van der Waals surface area contributed by atoms with Gasteiger partial charge in [-0.15, -0.1) is 0 Å². The van der Waals surface area contributed by atoms with E-state index in [9.17, 15) is 14.4 Å². The fourth-order valence-electron chi connectivity index (χ4n) is 8.93. The molecule has 0 radical (unpaired) electrons. The monoisotopic (exact) mass is 383 g/mol. The van der Waals surface area contributed by atoms with Crippen molar-refractivity contribution in [1.82, 2.24) is 4.90 Å². The van der Waals surface area contributed by atoms with Crippen LogP contribution in [0.15, 0.2) is 11.6 Å². The smallest absolute Gasteiger partial charge is 0.302 e. The molecule has 2 aliphatic heterocycles. The first-order valence-corrected chi connectivity index (χ1v) is 11.1. The first-order chi connectivity index (χ1) is 13.3. The van der Waals surface area contributed by atoms with Gasteiger partial charge in [-0.3, -0.25) is 14.4 Å². The van der Waals surface area contributed by atoms with Gasteiger partial charge < -0.3 is 9.64 Å². The highest BCUT2D eigenvalue weighted by atomic mass is 16.5. The maximum Gasteiger partial charge on any atom is 0.302 e. The largest absolute Gasteiger partial charge is 0.462 e. The van der Waals surface area contributed by atoms with E-state index in [1.807, 2.05) is 6.08 Å². The average molecular weight is 383 g/mol. The molecule has 7 atom stereocenters. The molecule has 3 unspecified atom stereocenters. The molecule has 150 valence electrons. The molecule has 2 spiro atoms. The lowest BCUT2D eigenvalue weighted by Crippen LogP contribution is -2.58. The topological polar surface area (TPSA) is 63.5 Å². The minimum absolute atomic E-state index is 0.0499. The van der Waals surface area contributed by atoms with E-state index < -0.39 is 0 Å². The SMILES string of the molecule is CC(=O)O[C@H]1C[C@@]23C(CC[C@@]24CCC(=O)N43)C2CCC3=CC(=O)CC[C@]3(C)C21. The molecule has 5 nitrogen and oxygen atoms in total. The summed E-state index contributed by atoms with van der Waals surface area (Å²) in [6, 6.07) is 0. The molecule has 28 heavy (non-hydrogen) atoms. The molecule has 4 aliphatic carbocycles. The molecule has 6 aliphatic rings. The van der Waals surface area contributed by atoms with Gasteiger partial charge in [0, 0.05) is 32.1 Å². The predicted molar refractivity (Wildman–Crippen MR) is 101 cm³/mol. The number of amides is 1. The van der Waals surface area contributed by atoms with Gasteiger partial charge in [-0.2, -0.15) is 0 Å². The van der Waals surface area contributed by atoms with Crippen molar-refractivity contribution in [2.75, 3.05) is 0 Å². The second kappa shape index (κ2) is 5.09. The van der Waals surface area contributed by atoms with Crippen LogP contribution in [0.5, 0.6) is 0 Å². The van der Waals surface area contributed by atoms with Gasteiger partial charge in [-0.05, 0) is 61.9 Å².